The fourth-order valence-corrected chi connectivity index (χ4v) is 4.80. The Kier molecular flexibility index (Phi) is 5.11. The van der Waals surface area contributed by atoms with Crippen molar-refractivity contribution in [1.29, 1.82) is 0 Å². The van der Waals surface area contributed by atoms with E-state index in [1.165, 1.54) is 19.1 Å². The number of nitrogens with zero attached hydrogens (tertiary/aromatic N) is 2. The molecular formula is C18H17N3O7S. The van der Waals surface area contributed by atoms with Crippen LogP contribution in [-0.2, 0) is 19.6 Å². The number of hydrogen-bond acceptors (Lipinski definition) is 6. The summed E-state index contributed by atoms with van der Waals surface area (Å²) >= 11 is 0. The first-order valence-corrected chi connectivity index (χ1v) is 9.91. The number of benzene rings is 2. The van der Waals surface area contributed by atoms with Gasteiger partial charge in [-0.15, -0.1) is 0 Å². The third-order valence-corrected chi connectivity index (χ3v) is 6.23. The number of rotatable bonds is 7. The quantitative estimate of drug-likeness (QED) is 0.390. The molecule has 1 saturated heterocycles. The van der Waals surface area contributed by atoms with Gasteiger partial charge in [0, 0.05) is 12.6 Å². The minimum Gasteiger partial charge on any atom is -0.479 e. The summed E-state index contributed by atoms with van der Waals surface area (Å²) < 4.78 is 27.6. The lowest BCUT2D eigenvalue weighted by Crippen LogP contribution is -2.73. The third kappa shape index (κ3) is 3.69. The summed E-state index contributed by atoms with van der Waals surface area (Å²) in [6.45, 7) is 1.10. The predicted molar refractivity (Wildman–Crippen MR) is 100 cm³/mol. The smallest absolute Gasteiger partial charge is 0.331 e. The van der Waals surface area contributed by atoms with Crippen LogP contribution in [0, 0.1) is 10.1 Å². The zero-order chi connectivity index (χ0) is 21.4. The number of likely N-dealkylation sites (tertiary alicyclic amines) is 1. The van der Waals surface area contributed by atoms with Crippen LogP contribution in [0.15, 0.2) is 59.5 Å². The molecule has 1 amide bonds. The summed E-state index contributed by atoms with van der Waals surface area (Å²) in [5.74, 6) is -2.00. The summed E-state index contributed by atoms with van der Waals surface area (Å²) in [4.78, 5) is 35.2. The van der Waals surface area contributed by atoms with Crippen molar-refractivity contribution in [3.05, 3.63) is 70.3 Å². The second kappa shape index (κ2) is 7.26. The summed E-state index contributed by atoms with van der Waals surface area (Å²) in [6, 6.07) is 11.6. The van der Waals surface area contributed by atoms with E-state index in [0.29, 0.717) is 5.56 Å². The minimum atomic E-state index is -4.41. The van der Waals surface area contributed by atoms with E-state index in [0.717, 1.165) is 17.0 Å². The van der Waals surface area contributed by atoms with Gasteiger partial charge in [0.05, 0.1) is 4.92 Å². The normalized spacial score (nSPS) is 20.0. The monoisotopic (exact) mass is 419 g/mol. The molecule has 1 heterocycles. The van der Waals surface area contributed by atoms with E-state index < -0.39 is 49.0 Å². The van der Waals surface area contributed by atoms with Crippen molar-refractivity contribution in [1.82, 2.24) is 9.62 Å². The van der Waals surface area contributed by atoms with Crippen LogP contribution in [0.5, 0.6) is 0 Å². The van der Waals surface area contributed by atoms with Gasteiger partial charge in [0.25, 0.3) is 5.69 Å². The molecule has 0 radical (unpaired) electrons. The number of amides is 1. The van der Waals surface area contributed by atoms with Crippen LogP contribution in [0.2, 0.25) is 0 Å². The van der Waals surface area contributed by atoms with Gasteiger partial charge in [0.1, 0.15) is 5.54 Å². The highest BCUT2D eigenvalue weighted by atomic mass is 32.2. The van der Waals surface area contributed by atoms with Gasteiger partial charge in [-0.2, -0.15) is 4.72 Å². The minimum absolute atomic E-state index is 0.211. The van der Waals surface area contributed by atoms with Gasteiger partial charge >= 0.3 is 5.97 Å². The number of carbonyl (C=O) groups is 2. The Bertz CT molecular complexity index is 1090. The third-order valence-electron chi connectivity index (χ3n) is 4.59. The number of nitro benzene ring substituents is 1. The van der Waals surface area contributed by atoms with Crippen LogP contribution in [-0.4, -0.2) is 47.3 Å². The van der Waals surface area contributed by atoms with Crippen molar-refractivity contribution in [2.75, 3.05) is 6.54 Å². The fraction of sp³-hybridized carbons (Fsp3) is 0.222. The van der Waals surface area contributed by atoms with Crippen LogP contribution >= 0.6 is 0 Å². The zero-order valence-electron chi connectivity index (χ0n) is 15.2. The number of aliphatic carboxylic acids is 1. The van der Waals surface area contributed by atoms with E-state index in [2.05, 4.69) is 4.72 Å². The van der Waals surface area contributed by atoms with E-state index in [1.807, 2.05) is 0 Å². The Balaban J connectivity index is 1.86. The van der Waals surface area contributed by atoms with E-state index in [4.69, 9.17) is 0 Å². The highest BCUT2D eigenvalue weighted by Crippen LogP contribution is 2.34. The second-order valence-electron chi connectivity index (χ2n) is 6.75. The van der Waals surface area contributed by atoms with Crippen LogP contribution in [0.25, 0.3) is 0 Å². The number of sulfonamides is 1. The Morgan fingerprint density at radius 3 is 2.34 bits per heavy atom. The summed E-state index contributed by atoms with van der Waals surface area (Å²) in [5, 5.41) is 20.7. The number of hydrogen-bond donors (Lipinski definition) is 2. The lowest BCUT2D eigenvalue weighted by Gasteiger charge is -2.48. The maximum atomic E-state index is 12.7. The Labute approximate surface area is 166 Å². The molecule has 2 atom stereocenters. The van der Waals surface area contributed by atoms with Crippen LogP contribution in [0.3, 0.4) is 0 Å². The molecule has 152 valence electrons. The molecule has 1 aliphatic rings. The van der Waals surface area contributed by atoms with Gasteiger partial charge in [0.15, 0.2) is 10.9 Å². The van der Waals surface area contributed by atoms with E-state index in [1.54, 1.807) is 30.3 Å². The van der Waals surface area contributed by atoms with E-state index in [-0.39, 0.29) is 6.54 Å². The predicted octanol–water partition coefficient (Wildman–Crippen LogP) is 1.30. The molecule has 29 heavy (non-hydrogen) atoms. The number of nitrogens with one attached hydrogen (secondary N) is 1. The van der Waals surface area contributed by atoms with Gasteiger partial charge in [-0.05, 0) is 18.6 Å². The molecule has 11 heteroatoms. The lowest BCUT2D eigenvalue weighted by atomic mass is 9.88. The highest BCUT2D eigenvalue weighted by Gasteiger charge is 2.55. The first-order chi connectivity index (χ1) is 13.6. The SMILES string of the molecule is C[C@@]1(NS(=O)(=O)c2ccccc2[N+](=O)[O-])CN([C@@H](C(=O)O)c2ccccc2)C1=O. The molecule has 2 N–H and O–H groups in total. The molecular weight excluding hydrogens is 402 g/mol. The average molecular weight is 419 g/mol. The average Bonchev–Trinajstić information content (AvgIpc) is 2.67. The Hall–Kier alpha value is -3.31. The van der Waals surface area contributed by atoms with Crippen LogP contribution in [0.4, 0.5) is 5.69 Å². The molecule has 0 unspecified atom stereocenters. The van der Waals surface area contributed by atoms with Crippen molar-refractivity contribution >= 4 is 27.6 Å². The largest absolute Gasteiger partial charge is 0.479 e. The molecule has 1 fully saturated rings. The van der Waals surface area contributed by atoms with Gasteiger partial charge in [-0.1, -0.05) is 42.5 Å². The maximum Gasteiger partial charge on any atom is 0.331 e. The van der Waals surface area contributed by atoms with Crippen molar-refractivity contribution in [2.45, 2.75) is 23.4 Å². The molecule has 0 aromatic heterocycles. The lowest BCUT2D eigenvalue weighted by molar-refractivity contribution is -0.387. The number of para-hydroxylation sites is 1. The van der Waals surface area contributed by atoms with Crippen LogP contribution in [0.1, 0.15) is 18.5 Å². The maximum absolute atomic E-state index is 12.7. The molecule has 0 spiro atoms. The molecule has 2 aromatic rings. The summed E-state index contributed by atoms with van der Waals surface area (Å²) in [6.07, 6.45) is 0. The first-order valence-electron chi connectivity index (χ1n) is 8.43. The van der Waals surface area contributed by atoms with E-state index in [9.17, 15) is 33.2 Å². The highest BCUT2D eigenvalue weighted by molar-refractivity contribution is 7.89. The molecule has 0 saturated carbocycles. The number of carboxylic acid groups (broad SMARTS) is 1. The van der Waals surface area contributed by atoms with Crippen LogP contribution < -0.4 is 4.72 Å². The second-order valence-corrected chi connectivity index (χ2v) is 8.40. The van der Waals surface area contributed by atoms with Gasteiger partial charge in [-0.3, -0.25) is 14.9 Å². The molecule has 10 nitrogen and oxygen atoms in total. The molecule has 1 aliphatic heterocycles. The molecule has 0 bridgehead atoms. The zero-order valence-corrected chi connectivity index (χ0v) is 16.0. The number of nitro groups is 1. The first kappa shape index (κ1) is 20.4. The summed E-state index contributed by atoms with van der Waals surface area (Å²) in [7, 11) is -4.41. The molecule has 2 aromatic carbocycles. The number of β-lactam (4-membered cyclic amide) rings is 1. The molecule has 0 aliphatic carbocycles. The van der Waals surface area contributed by atoms with Crippen molar-refractivity contribution in [2.24, 2.45) is 0 Å². The fourth-order valence-electron chi connectivity index (χ4n) is 3.27. The van der Waals surface area contributed by atoms with Gasteiger partial charge in [0.2, 0.25) is 15.9 Å². The topological polar surface area (TPSA) is 147 Å². The van der Waals surface area contributed by atoms with E-state index >= 15 is 0 Å². The Morgan fingerprint density at radius 1 is 1.21 bits per heavy atom. The number of carboxylic acids is 1. The van der Waals surface area contributed by atoms with Crippen molar-refractivity contribution in [3.63, 3.8) is 0 Å². The van der Waals surface area contributed by atoms with Gasteiger partial charge in [-0.25, -0.2) is 13.2 Å². The van der Waals surface area contributed by atoms with Crippen molar-refractivity contribution < 1.29 is 28.0 Å². The standard InChI is InChI=1S/C18H17N3O7S/c1-18(19-29(27,28)14-10-6-5-9-13(14)21(25)26)11-20(17(18)24)15(16(22)23)12-7-3-2-4-8-12/h2-10,15,19H,11H2,1H3,(H,22,23)/t15-,18-/m1/s1. The molecule has 3 rings (SSSR count). The summed E-state index contributed by atoms with van der Waals surface area (Å²) in [5.41, 5.74) is -1.87. The number of carbonyl (C=O) groups excluding carboxylic acids is 1. The van der Waals surface area contributed by atoms with Gasteiger partial charge < -0.3 is 10.0 Å². The Morgan fingerprint density at radius 2 is 1.79 bits per heavy atom. The van der Waals surface area contributed by atoms with Crippen molar-refractivity contribution in [3.8, 4) is 0 Å².